The summed E-state index contributed by atoms with van der Waals surface area (Å²) in [5, 5.41) is 2.86. The van der Waals surface area contributed by atoms with Gasteiger partial charge in [0, 0.05) is 11.9 Å². The van der Waals surface area contributed by atoms with Crippen LogP contribution in [0.15, 0.2) is 42.6 Å². The molecule has 1 N–H and O–H groups in total. The minimum Gasteiger partial charge on any atom is -0.452 e. The van der Waals surface area contributed by atoms with Crippen molar-refractivity contribution in [2.75, 3.05) is 11.9 Å². The number of halogens is 1. The van der Waals surface area contributed by atoms with Crippen LogP contribution < -0.4 is 5.32 Å². The minimum atomic E-state index is -0.625. The fourth-order valence-corrected chi connectivity index (χ4v) is 2.07. The fraction of sp³-hybridized carbons (Fsp3) is 0.235. The number of rotatable bonds is 5. The Bertz CT molecular complexity index is 699. The maximum atomic E-state index is 11.8. The van der Waals surface area contributed by atoms with Crippen LogP contribution in [0.5, 0.6) is 0 Å². The Hall–Kier alpha value is -2.40. The van der Waals surface area contributed by atoms with E-state index in [1.54, 1.807) is 0 Å². The second-order valence-electron chi connectivity index (χ2n) is 5.27. The van der Waals surface area contributed by atoms with Gasteiger partial charge >= 0.3 is 5.97 Å². The van der Waals surface area contributed by atoms with E-state index in [-0.39, 0.29) is 17.3 Å². The number of nitrogens with zero attached hydrogens (tertiary/aromatic N) is 1. The van der Waals surface area contributed by atoms with Gasteiger partial charge in [-0.15, -0.1) is 0 Å². The molecule has 0 aliphatic heterocycles. The molecule has 0 bridgehead atoms. The van der Waals surface area contributed by atoms with Gasteiger partial charge in [-0.25, -0.2) is 9.78 Å². The van der Waals surface area contributed by atoms with Crippen molar-refractivity contribution in [2.45, 2.75) is 19.8 Å². The maximum Gasteiger partial charge on any atom is 0.338 e. The van der Waals surface area contributed by atoms with Crippen LogP contribution in [0.2, 0.25) is 5.15 Å². The second-order valence-corrected chi connectivity index (χ2v) is 5.66. The number of amides is 1. The monoisotopic (exact) mass is 332 g/mol. The molecule has 120 valence electrons. The van der Waals surface area contributed by atoms with E-state index in [9.17, 15) is 9.59 Å². The van der Waals surface area contributed by atoms with E-state index >= 15 is 0 Å². The molecule has 0 fully saturated rings. The number of ether oxygens (including phenoxy) is 1. The van der Waals surface area contributed by atoms with E-state index < -0.39 is 11.9 Å². The van der Waals surface area contributed by atoms with Gasteiger partial charge in [0.2, 0.25) is 0 Å². The summed E-state index contributed by atoms with van der Waals surface area (Å²) in [4.78, 5) is 27.4. The van der Waals surface area contributed by atoms with Crippen LogP contribution in [-0.2, 0) is 9.53 Å². The first-order valence-corrected chi connectivity index (χ1v) is 7.52. The number of pyridine rings is 1. The summed E-state index contributed by atoms with van der Waals surface area (Å²) in [5.41, 5.74) is 2.09. The smallest absolute Gasteiger partial charge is 0.338 e. The highest BCUT2D eigenvalue weighted by atomic mass is 35.5. The van der Waals surface area contributed by atoms with Crippen molar-refractivity contribution in [3.8, 4) is 0 Å². The summed E-state index contributed by atoms with van der Waals surface area (Å²) in [7, 11) is 0. The van der Waals surface area contributed by atoms with Crippen molar-refractivity contribution in [2.24, 2.45) is 0 Å². The van der Waals surface area contributed by atoms with Crippen molar-refractivity contribution in [1.29, 1.82) is 0 Å². The highest BCUT2D eigenvalue weighted by molar-refractivity contribution is 6.29. The molecule has 6 heteroatoms. The third-order valence-corrected chi connectivity index (χ3v) is 3.36. The molecule has 2 rings (SSSR count). The van der Waals surface area contributed by atoms with Gasteiger partial charge < -0.3 is 10.1 Å². The second kappa shape index (κ2) is 7.74. The molecule has 1 heterocycles. The molecule has 1 aromatic heterocycles. The largest absolute Gasteiger partial charge is 0.452 e. The molecule has 0 spiro atoms. The minimum absolute atomic E-state index is 0.189. The van der Waals surface area contributed by atoms with Gasteiger partial charge in [-0.1, -0.05) is 37.6 Å². The van der Waals surface area contributed by atoms with Gasteiger partial charge in [-0.05, 0) is 35.7 Å². The number of hydrogen-bond donors (Lipinski definition) is 1. The molecule has 0 aliphatic carbocycles. The SMILES string of the molecule is CC(C)c1ccc(NC(=O)COC(=O)c2ccnc(Cl)c2)cc1. The Morgan fingerprint density at radius 1 is 1.22 bits per heavy atom. The van der Waals surface area contributed by atoms with Crippen LogP contribution in [0, 0.1) is 0 Å². The van der Waals surface area contributed by atoms with Crippen molar-refractivity contribution in [3.05, 3.63) is 58.9 Å². The van der Waals surface area contributed by atoms with Gasteiger partial charge in [-0.2, -0.15) is 0 Å². The molecule has 1 aromatic carbocycles. The summed E-state index contributed by atoms with van der Waals surface area (Å²) in [6.07, 6.45) is 1.40. The highest BCUT2D eigenvalue weighted by Gasteiger charge is 2.11. The first-order valence-electron chi connectivity index (χ1n) is 7.14. The van der Waals surface area contributed by atoms with E-state index in [2.05, 4.69) is 24.1 Å². The molecule has 5 nitrogen and oxygen atoms in total. The molecular weight excluding hydrogens is 316 g/mol. The van der Waals surface area contributed by atoms with Crippen LogP contribution in [-0.4, -0.2) is 23.5 Å². The third-order valence-electron chi connectivity index (χ3n) is 3.16. The van der Waals surface area contributed by atoms with Crippen molar-refractivity contribution in [1.82, 2.24) is 4.98 Å². The quantitative estimate of drug-likeness (QED) is 0.670. The Kier molecular flexibility index (Phi) is 5.71. The van der Waals surface area contributed by atoms with Gasteiger partial charge in [0.05, 0.1) is 5.56 Å². The highest BCUT2D eigenvalue weighted by Crippen LogP contribution is 2.17. The number of anilines is 1. The zero-order chi connectivity index (χ0) is 16.8. The number of esters is 1. The van der Waals surface area contributed by atoms with Crippen molar-refractivity contribution < 1.29 is 14.3 Å². The van der Waals surface area contributed by atoms with Crippen LogP contribution in [0.25, 0.3) is 0 Å². The van der Waals surface area contributed by atoms with Gasteiger partial charge in [-0.3, -0.25) is 4.79 Å². The van der Waals surface area contributed by atoms with Gasteiger partial charge in [0.25, 0.3) is 5.91 Å². The van der Waals surface area contributed by atoms with E-state index in [0.717, 1.165) is 0 Å². The number of nitrogens with one attached hydrogen (secondary N) is 1. The molecule has 0 atom stereocenters. The van der Waals surface area contributed by atoms with E-state index in [0.29, 0.717) is 11.6 Å². The number of carbonyl (C=O) groups is 2. The lowest BCUT2D eigenvalue weighted by atomic mass is 10.0. The summed E-state index contributed by atoms with van der Waals surface area (Å²) in [6.45, 7) is 3.82. The molecule has 23 heavy (non-hydrogen) atoms. The Labute approximate surface area is 139 Å². The predicted molar refractivity (Wildman–Crippen MR) is 88.7 cm³/mol. The predicted octanol–water partition coefficient (Wildman–Crippen LogP) is 3.65. The lowest BCUT2D eigenvalue weighted by Crippen LogP contribution is -2.21. The molecule has 2 aromatic rings. The average molecular weight is 333 g/mol. The van der Waals surface area contributed by atoms with Gasteiger partial charge in [0.1, 0.15) is 5.15 Å². The van der Waals surface area contributed by atoms with Crippen LogP contribution in [0.4, 0.5) is 5.69 Å². The molecule has 0 unspecified atom stereocenters. The van der Waals surface area contributed by atoms with Gasteiger partial charge in [0.15, 0.2) is 6.61 Å². The maximum absolute atomic E-state index is 11.8. The molecule has 1 amide bonds. The average Bonchev–Trinajstić information content (AvgIpc) is 2.53. The number of carbonyl (C=O) groups excluding carboxylic acids is 2. The molecule has 0 aliphatic rings. The van der Waals surface area contributed by atoms with Crippen molar-refractivity contribution >= 4 is 29.2 Å². The summed E-state index contributed by atoms with van der Waals surface area (Å²) in [6, 6.07) is 10.4. The first-order chi connectivity index (χ1) is 11.0. The summed E-state index contributed by atoms with van der Waals surface area (Å²) < 4.78 is 4.94. The normalized spacial score (nSPS) is 10.4. The lowest BCUT2D eigenvalue weighted by Gasteiger charge is -2.09. The lowest BCUT2D eigenvalue weighted by molar-refractivity contribution is -0.119. The first kappa shape index (κ1) is 17.0. The molecule has 0 saturated carbocycles. The van der Waals surface area contributed by atoms with E-state index in [4.69, 9.17) is 16.3 Å². The molecule has 0 radical (unpaired) electrons. The van der Waals surface area contributed by atoms with Crippen LogP contribution in [0.1, 0.15) is 35.7 Å². The van der Waals surface area contributed by atoms with Crippen molar-refractivity contribution in [3.63, 3.8) is 0 Å². The topological polar surface area (TPSA) is 68.3 Å². The zero-order valence-corrected chi connectivity index (χ0v) is 13.6. The van der Waals surface area contributed by atoms with Crippen LogP contribution >= 0.6 is 11.6 Å². The van der Waals surface area contributed by atoms with E-state index in [1.165, 1.54) is 23.9 Å². The molecular formula is C17H17ClN2O3. The summed E-state index contributed by atoms with van der Waals surface area (Å²) in [5.74, 6) is -0.608. The number of aromatic nitrogens is 1. The Morgan fingerprint density at radius 3 is 2.52 bits per heavy atom. The molecule has 0 saturated heterocycles. The summed E-state index contributed by atoms with van der Waals surface area (Å²) >= 11 is 5.70. The van der Waals surface area contributed by atoms with E-state index in [1.807, 2.05) is 24.3 Å². The Balaban J connectivity index is 1.86. The number of hydrogen-bond acceptors (Lipinski definition) is 4. The number of benzene rings is 1. The van der Waals surface area contributed by atoms with Crippen LogP contribution in [0.3, 0.4) is 0 Å². The third kappa shape index (κ3) is 5.07. The zero-order valence-electron chi connectivity index (χ0n) is 12.9. The fourth-order valence-electron chi connectivity index (χ4n) is 1.89. The standard InChI is InChI=1S/C17H17ClN2O3/c1-11(2)12-3-5-14(6-4-12)20-16(21)10-23-17(22)13-7-8-19-15(18)9-13/h3-9,11H,10H2,1-2H3,(H,20,21). The Morgan fingerprint density at radius 2 is 1.91 bits per heavy atom.